The van der Waals surface area contributed by atoms with E-state index in [9.17, 15) is 9.59 Å². The summed E-state index contributed by atoms with van der Waals surface area (Å²) in [7, 11) is 1.53. The molecule has 1 amide bonds. The van der Waals surface area contributed by atoms with Crippen LogP contribution in [0.25, 0.3) is 0 Å². The minimum Gasteiger partial charge on any atom is -0.486 e. The number of hydrogen-bond acceptors (Lipinski definition) is 5. The Morgan fingerprint density at radius 1 is 1.29 bits per heavy atom. The van der Waals surface area contributed by atoms with Crippen molar-refractivity contribution in [3.05, 3.63) is 23.8 Å². The van der Waals surface area contributed by atoms with Crippen molar-refractivity contribution < 1.29 is 28.9 Å². The molecular weight excluding hydrogens is 314 g/mol. The maximum atomic E-state index is 12.6. The van der Waals surface area contributed by atoms with Crippen molar-refractivity contribution in [1.29, 1.82) is 0 Å². The standard InChI is InChI=1S/C17H21NO6/c1-22-5-4-18(10-16(19)20)17(21)13-9-12(13)11-2-3-14-15(8-11)24-7-6-23-14/h2-3,8,12-13H,4-7,9-10H2,1H3,(H,19,20)/t12-,13+/m0/s1. The van der Waals surface area contributed by atoms with Crippen LogP contribution in [0.3, 0.4) is 0 Å². The molecule has 0 aromatic heterocycles. The van der Waals surface area contributed by atoms with E-state index in [1.807, 2.05) is 18.2 Å². The van der Waals surface area contributed by atoms with Crippen LogP contribution in [0.15, 0.2) is 18.2 Å². The molecule has 1 saturated carbocycles. The van der Waals surface area contributed by atoms with Crippen LogP contribution in [0.2, 0.25) is 0 Å². The lowest BCUT2D eigenvalue weighted by molar-refractivity contribution is -0.145. The van der Waals surface area contributed by atoms with Crippen molar-refractivity contribution in [2.24, 2.45) is 5.92 Å². The zero-order valence-electron chi connectivity index (χ0n) is 13.6. The van der Waals surface area contributed by atoms with Crippen LogP contribution in [0.5, 0.6) is 11.5 Å². The zero-order chi connectivity index (χ0) is 17.1. The maximum absolute atomic E-state index is 12.6. The highest BCUT2D eigenvalue weighted by Gasteiger charge is 2.46. The van der Waals surface area contributed by atoms with Crippen LogP contribution < -0.4 is 9.47 Å². The van der Waals surface area contributed by atoms with Gasteiger partial charge in [-0.2, -0.15) is 0 Å². The average molecular weight is 335 g/mol. The monoisotopic (exact) mass is 335 g/mol. The number of carboxylic acids is 1. The second-order valence-corrected chi connectivity index (χ2v) is 6.00. The van der Waals surface area contributed by atoms with Crippen LogP contribution in [-0.4, -0.2) is 61.9 Å². The second-order valence-electron chi connectivity index (χ2n) is 6.00. The van der Waals surface area contributed by atoms with Gasteiger partial charge in [-0.05, 0) is 30.0 Å². The topological polar surface area (TPSA) is 85.3 Å². The molecule has 7 heteroatoms. The third kappa shape index (κ3) is 3.62. The molecule has 1 N–H and O–H groups in total. The van der Waals surface area contributed by atoms with Gasteiger partial charge in [-0.1, -0.05) is 6.07 Å². The number of ether oxygens (including phenoxy) is 3. The largest absolute Gasteiger partial charge is 0.486 e. The lowest BCUT2D eigenvalue weighted by Crippen LogP contribution is -2.39. The van der Waals surface area contributed by atoms with Crippen LogP contribution in [0.1, 0.15) is 17.9 Å². The number of fused-ring (bicyclic) bond motifs is 1. The molecular formula is C17H21NO6. The number of carbonyl (C=O) groups is 2. The SMILES string of the molecule is COCCN(CC(=O)O)C(=O)[C@@H]1C[C@H]1c1ccc2c(c1)OCCO2. The molecule has 3 rings (SSSR count). The lowest BCUT2D eigenvalue weighted by Gasteiger charge is -2.21. The molecule has 1 aromatic rings. The van der Waals surface area contributed by atoms with Gasteiger partial charge in [-0.15, -0.1) is 0 Å². The van der Waals surface area contributed by atoms with Crippen molar-refractivity contribution in [2.45, 2.75) is 12.3 Å². The van der Waals surface area contributed by atoms with Crippen molar-refractivity contribution in [1.82, 2.24) is 4.90 Å². The first-order valence-electron chi connectivity index (χ1n) is 7.99. The molecule has 0 bridgehead atoms. The Bertz CT molecular complexity index is 632. The summed E-state index contributed by atoms with van der Waals surface area (Å²) < 4.78 is 16.0. The van der Waals surface area contributed by atoms with E-state index in [-0.39, 0.29) is 30.8 Å². The van der Waals surface area contributed by atoms with E-state index in [2.05, 4.69) is 0 Å². The molecule has 1 aliphatic carbocycles. The zero-order valence-corrected chi connectivity index (χ0v) is 13.6. The summed E-state index contributed by atoms with van der Waals surface area (Å²) in [5.74, 6) is 0.209. The van der Waals surface area contributed by atoms with Crippen molar-refractivity contribution >= 4 is 11.9 Å². The molecule has 0 radical (unpaired) electrons. The predicted octanol–water partition coefficient (Wildman–Crippen LogP) is 1.12. The third-order valence-electron chi connectivity index (χ3n) is 4.31. The fourth-order valence-corrected chi connectivity index (χ4v) is 2.99. The van der Waals surface area contributed by atoms with E-state index < -0.39 is 5.97 Å². The molecule has 0 saturated heterocycles. The fraction of sp³-hybridized carbons (Fsp3) is 0.529. The number of rotatable bonds is 7. The molecule has 0 spiro atoms. The third-order valence-corrected chi connectivity index (χ3v) is 4.31. The quantitative estimate of drug-likeness (QED) is 0.804. The highest BCUT2D eigenvalue weighted by molar-refractivity contribution is 5.86. The molecule has 0 unspecified atom stereocenters. The van der Waals surface area contributed by atoms with Crippen LogP contribution in [0.4, 0.5) is 0 Å². The van der Waals surface area contributed by atoms with E-state index in [0.717, 1.165) is 17.7 Å². The summed E-state index contributed by atoms with van der Waals surface area (Å²) >= 11 is 0. The van der Waals surface area contributed by atoms with Gasteiger partial charge < -0.3 is 24.2 Å². The van der Waals surface area contributed by atoms with Gasteiger partial charge >= 0.3 is 5.97 Å². The number of methoxy groups -OCH3 is 1. The molecule has 130 valence electrons. The van der Waals surface area contributed by atoms with Crippen molar-refractivity contribution in [3.8, 4) is 11.5 Å². The minimum absolute atomic E-state index is 0.104. The first-order valence-corrected chi connectivity index (χ1v) is 7.99. The second kappa shape index (κ2) is 7.09. The van der Waals surface area contributed by atoms with E-state index in [1.165, 1.54) is 12.0 Å². The number of carbonyl (C=O) groups excluding carboxylic acids is 1. The number of benzene rings is 1. The van der Waals surface area contributed by atoms with Gasteiger partial charge in [0.25, 0.3) is 0 Å². The Kier molecular flexibility index (Phi) is 4.89. The Morgan fingerprint density at radius 2 is 2.04 bits per heavy atom. The van der Waals surface area contributed by atoms with Crippen LogP contribution >= 0.6 is 0 Å². The first kappa shape index (κ1) is 16.6. The van der Waals surface area contributed by atoms with Crippen molar-refractivity contribution in [2.75, 3.05) is 40.0 Å². The number of aliphatic carboxylic acids is 1. The molecule has 1 fully saturated rings. The van der Waals surface area contributed by atoms with Gasteiger partial charge in [0.15, 0.2) is 11.5 Å². The van der Waals surface area contributed by atoms with E-state index in [4.69, 9.17) is 19.3 Å². The molecule has 7 nitrogen and oxygen atoms in total. The smallest absolute Gasteiger partial charge is 0.323 e. The summed E-state index contributed by atoms with van der Waals surface area (Å²) in [5, 5.41) is 8.98. The average Bonchev–Trinajstić information content (AvgIpc) is 3.38. The van der Waals surface area contributed by atoms with Gasteiger partial charge in [0.2, 0.25) is 5.91 Å². The fourth-order valence-electron chi connectivity index (χ4n) is 2.99. The summed E-state index contributed by atoms with van der Waals surface area (Å²) in [6.07, 6.45) is 0.724. The Balaban J connectivity index is 1.66. The Hall–Kier alpha value is -2.28. The number of hydrogen-bond donors (Lipinski definition) is 1. The first-order chi connectivity index (χ1) is 11.6. The number of carboxylic acid groups (broad SMARTS) is 1. The molecule has 1 aromatic carbocycles. The van der Waals surface area contributed by atoms with Gasteiger partial charge in [0.05, 0.1) is 6.61 Å². The van der Waals surface area contributed by atoms with Gasteiger partial charge in [0, 0.05) is 19.6 Å². The normalized spacial score (nSPS) is 21.2. The minimum atomic E-state index is -1.02. The van der Waals surface area contributed by atoms with Crippen LogP contribution in [0, 0.1) is 5.92 Å². The molecule has 2 aliphatic rings. The van der Waals surface area contributed by atoms with E-state index in [1.54, 1.807) is 0 Å². The van der Waals surface area contributed by atoms with Gasteiger partial charge in [-0.25, -0.2) is 0 Å². The molecule has 2 atom stereocenters. The summed E-state index contributed by atoms with van der Waals surface area (Å²) in [5.41, 5.74) is 1.03. The van der Waals surface area contributed by atoms with E-state index >= 15 is 0 Å². The molecule has 1 heterocycles. The molecule has 1 aliphatic heterocycles. The maximum Gasteiger partial charge on any atom is 0.323 e. The van der Waals surface area contributed by atoms with Crippen molar-refractivity contribution in [3.63, 3.8) is 0 Å². The van der Waals surface area contributed by atoms with Gasteiger partial charge in [0.1, 0.15) is 19.8 Å². The predicted molar refractivity (Wildman–Crippen MR) is 84.4 cm³/mol. The summed E-state index contributed by atoms with van der Waals surface area (Å²) in [6.45, 7) is 1.37. The Labute approximate surface area is 140 Å². The van der Waals surface area contributed by atoms with Gasteiger partial charge in [-0.3, -0.25) is 9.59 Å². The summed E-state index contributed by atoms with van der Waals surface area (Å²) in [6, 6.07) is 5.73. The number of nitrogens with zero attached hydrogens (tertiary/aromatic N) is 1. The number of amides is 1. The highest BCUT2D eigenvalue weighted by Crippen LogP contribution is 2.50. The lowest BCUT2D eigenvalue weighted by atomic mass is 10.1. The molecule has 24 heavy (non-hydrogen) atoms. The summed E-state index contributed by atoms with van der Waals surface area (Å²) in [4.78, 5) is 24.9. The van der Waals surface area contributed by atoms with E-state index in [0.29, 0.717) is 25.6 Å². The highest BCUT2D eigenvalue weighted by atomic mass is 16.6. The van der Waals surface area contributed by atoms with Crippen LogP contribution in [-0.2, 0) is 14.3 Å². The Morgan fingerprint density at radius 3 is 2.75 bits per heavy atom.